The fourth-order valence-electron chi connectivity index (χ4n) is 1.28. The van der Waals surface area contributed by atoms with Gasteiger partial charge in [-0.25, -0.2) is 0 Å². The van der Waals surface area contributed by atoms with Crippen molar-refractivity contribution in [2.45, 2.75) is 13.5 Å². The summed E-state index contributed by atoms with van der Waals surface area (Å²) in [7, 11) is 0. The van der Waals surface area contributed by atoms with Crippen molar-refractivity contribution in [1.29, 1.82) is 0 Å². The molecule has 16 heavy (non-hydrogen) atoms. The SMILES string of the molecule is C=C(Cl)CNCc1ccc(O)c(OCC)c1. The van der Waals surface area contributed by atoms with Gasteiger partial charge in [-0.3, -0.25) is 0 Å². The zero-order chi connectivity index (χ0) is 12.0. The minimum Gasteiger partial charge on any atom is -0.504 e. The van der Waals surface area contributed by atoms with E-state index in [1.807, 2.05) is 19.1 Å². The molecule has 0 radical (unpaired) electrons. The van der Waals surface area contributed by atoms with Gasteiger partial charge >= 0.3 is 0 Å². The lowest BCUT2D eigenvalue weighted by atomic mass is 10.2. The van der Waals surface area contributed by atoms with Crippen LogP contribution in [-0.2, 0) is 6.54 Å². The second kappa shape index (κ2) is 6.40. The van der Waals surface area contributed by atoms with E-state index in [1.165, 1.54) is 0 Å². The lowest BCUT2D eigenvalue weighted by Gasteiger charge is -2.09. The Morgan fingerprint density at radius 2 is 2.31 bits per heavy atom. The minimum absolute atomic E-state index is 0.160. The van der Waals surface area contributed by atoms with Crippen LogP contribution in [0.1, 0.15) is 12.5 Å². The van der Waals surface area contributed by atoms with Crippen LogP contribution in [0, 0.1) is 0 Å². The molecule has 0 saturated heterocycles. The highest BCUT2D eigenvalue weighted by Crippen LogP contribution is 2.26. The smallest absolute Gasteiger partial charge is 0.161 e. The van der Waals surface area contributed by atoms with E-state index in [9.17, 15) is 5.11 Å². The van der Waals surface area contributed by atoms with Crippen molar-refractivity contribution in [2.75, 3.05) is 13.2 Å². The summed E-state index contributed by atoms with van der Waals surface area (Å²) < 4.78 is 5.28. The molecular weight excluding hydrogens is 226 g/mol. The molecule has 0 amide bonds. The number of phenols is 1. The summed E-state index contributed by atoms with van der Waals surface area (Å²) in [6.07, 6.45) is 0. The van der Waals surface area contributed by atoms with Crippen molar-refractivity contribution in [2.24, 2.45) is 0 Å². The first-order chi connectivity index (χ1) is 7.63. The van der Waals surface area contributed by atoms with Gasteiger partial charge < -0.3 is 15.2 Å². The molecule has 0 aliphatic carbocycles. The van der Waals surface area contributed by atoms with Gasteiger partial charge in [0.25, 0.3) is 0 Å². The lowest BCUT2D eigenvalue weighted by Crippen LogP contribution is -2.14. The third kappa shape index (κ3) is 4.13. The van der Waals surface area contributed by atoms with Crippen molar-refractivity contribution in [3.8, 4) is 11.5 Å². The average Bonchev–Trinajstić information content (AvgIpc) is 2.22. The molecule has 0 aliphatic rings. The lowest BCUT2D eigenvalue weighted by molar-refractivity contribution is 0.317. The maximum atomic E-state index is 9.50. The first kappa shape index (κ1) is 12.9. The molecule has 0 bridgehead atoms. The topological polar surface area (TPSA) is 41.5 Å². The van der Waals surface area contributed by atoms with Gasteiger partial charge in [-0.2, -0.15) is 0 Å². The molecular formula is C12H16ClNO2. The fourth-order valence-corrected chi connectivity index (χ4v) is 1.38. The quantitative estimate of drug-likeness (QED) is 0.805. The van der Waals surface area contributed by atoms with Gasteiger partial charge in [0.05, 0.1) is 6.61 Å². The number of benzene rings is 1. The van der Waals surface area contributed by atoms with Gasteiger partial charge in [0.15, 0.2) is 11.5 Å². The van der Waals surface area contributed by atoms with Crippen LogP contribution in [0.3, 0.4) is 0 Å². The maximum Gasteiger partial charge on any atom is 0.161 e. The molecule has 1 aromatic carbocycles. The third-order valence-electron chi connectivity index (χ3n) is 1.97. The van der Waals surface area contributed by atoms with Crippen LogP contribution in [0.25, 0.3) is 0 Å². The molecule has 4 heteroatoms. The van der Waals surface area contributed by atoms with E-state index >= 15 is 0 Å². The molecule has 1 aromatic rings. The Bertz CT molecular complexity index is 366. The first-order valence-electron chi connectivity index (χ1n) is 5.12. The van der Waals surface area contributed by atoms with Crippen molar-refractivity contribution in [1.82, 2.24) is 5.32 Å². The van der Waals surface area contributed by atoms with Crippen LogP contribution in [0.2, 0.25) is 0 Å². The molecule has 0 heterocycles. The van der Waals surface area contributed by atoms with Crippen molar-refractivity contribution in [3.63, 3.8) is 0 Å². The number of phenolic OH excluding ortho intramolecular Hbond substituents is 1. The van der Waals surface area contributed by atoms with Crippen LogP contribution < -0.4 is 10.1 Å². The highest BCUT2D eigenvalue weighted by Gasteiger charge is 2.03. The van der Waals surface area contributed by atoms with Gasteiger partial charge in [-0.15, -0.1) is 0 Å². The molecule has 0 unspecified atom stereocenters. The van der Waals surface area contributed by atoms with Gasteiger partial charge in [-0.1, -0.05) is 24.2 Å². The molecule has 0 fully saturated rings. The monoisotopic (exact) mass is 241 g/mol. The van der Waals surface area contributed by atoms with E-state index in [0.29, 0.717) is 30.5 Å². The number of nitrogens with one attached hydrogen (secondary N) is 1. The van der Waals surface area contributed by atoms with Gasteiger partial charge in [0, 0.05) is 18.1 Å². The minimum atomic E-state index is 0.160. The summed E-state index contributed by atoms with van der Waals surface area (Å²) in [4.78, 5) is 0. The molecule has 0 saturated carbocycles. The second-order valence-corrected chi connectivity index (χ2v) is 3.89. The Kier molecular flexibility index (Phi) is 5.15. The highest BCUT2D eigenvalue weighted by atomic mass is 35.5. The highest BCUT2D eigenvalue weighted by molar-refractivity contribution is 6.29. The number of hydrogen-bond donors (Lipinski definition) is 2. The zero-order valence-corrected chi connectivity index (χ0v) is 10.0. The van der Waals surface area contributed by atoms with Crippen LogP contribution in [-0.4, -0.2) is 18.3 Å². The number of halogens is 1. The maximum absolute atomic E-state index is 9.50. The van der Waals surface area contributed by atoms with Gasteiger partial charge in [-0.05, 0) is 24.6 Å². The Balaban J connectivity index is 2.60. The molecule has 1 rings (SSSR count). The molecule has 0 atom stereocenters. The molecule has 88 valence electrons. The van der Waals surface area contributed by atoms with Crippen LogP contribution >= 0.6 is 11.6 Å². The fraction of sp³-hybridized carbons (Fsp3) is 0.333. The Hall–Kier alpha value is -1.19. The standard InChI is InChI=1S/C12H16ClNO2/c1-3-16-12-6-10(4-5-11(12)15)8-14-7-9(2)13/h4-6,14-15H,2-3,7-8H2,1H3. The van der Waals surface area contributed by atoms with Crippen molar-refractivity contribution < 1.29 is 9.84 Å². The largest absolute Gasteiger partial charge is 0.504 e. The summed E-state index contributed by atoms with van der Waals surface area (Å²) >= 11 is 5.63. The summed E-state index contributed by atoms with van der Waals surface area (Å²) in [5.41, 5.74) is 1.03. The molecule has 2 N–H and O–H groups in total. The number of aromatic hydroxyl groups is 1. The van der Waals surface area contributed by atoms with Gasteiger partial charge in [0.2, 0.25) is 0 Å². The van der Waals surface area contributed by atoms with E-state index in [1.54, 1.807) is 6.07 Å². The van der Waals surface area contributed by atoms with E-state index in [-0.39, 0.29) is 5.75 Å². The van der Waals surface area contributed by atoms with Crippen LogP contribution in [0.4, 0.5) is 0 Å². The van der Waals surface area contributed by atoms with Gasteiger partial charge in [0.1, 0.15) is 0 Å². The predicted octanol–water partition coefficient (Wildman–Crippen LogP) is 2.63. The van der Waals surface area contributed by atoms with E-state index in [2.05, 4.69) is 11.9 Å². The van der Waals surface area contributed by atoms with Crippen LogP contribution in [0.5, 0.6) is 11.5 Å². The van der Waals surface area contributed by atoms with E-state index < -0.39 is 0 Å². The molecule has 0 spiro atoms. The molecule has 3 nitrogen and oxygen atoms in total. The molecule has 0 aromatic heterocycles. The zero-order valence-electron chi connectivity index (χ0n) is 9.29. The first-order valence-corrected chi connectivity index (χ1v) is 5.50. The summed E-state index contributed by atoms with van der Waals surface area (Å²) in [5, 5.41) is 13.2. The Morgan fingerprint density at radius 3 is 2.94 bits per heavy atom. The summed E-state index contributed by atoms with van der Waals surface area (Å²) in [6, 6.07) is 5.27. The molecule has 0 aliphatic heterocycles. The van der Waals surface area contributed by atoms with Crippen molar-refractivity contribution >= 4 is 11.6 Å². The number of hydrogen-bond acceptors (Lipinski definition) is 3. The Labute approximate surface area is 101 Å². The second-order valence-electron chi connectivity index (χ2n) is 3.36. The van der Waals surface area contributed by atoms with Crippen LogP contribution in [0.15, 0.2) is 29.8 Å². The third-order valence-corrected chi connectivity index (χ3v) is 2.10. The summed E-state index contributed by atoms with van der Waals surface area (Å²) in [5.74, 6) is 0.666. The van der Waals surface area contributed by atoms with E-state index in [0.717, 1.165) is 5.56 Å². The average molecular weight is 242 g/mol. The number of ether oxygens (including phenoxy) is 1. The normalized spacial score (nSPS) is 10.1. The van der Waals surface area contributed by atoms with E-state index in [4.69, 9.17) is 16.3 Å². The van der Waals surface area contributed by atoms with Crippen molar-refractivity contribution in [3.05, 3.63) is 35.4 Å². The summed E-state index contributed by atoms with van der Waals surface area (Å²) in [6.45, 7) is 7.21. The Morgan fingerprint density at radius 1 is 1.56 bits per heavy atom. The predicted molar refractivity (Wildman–Crippen MR) is 66.0 cm³/mol. The number of rotatable bonds is 6.